The Balaban J connectivity index is 0.00000162. The summed E-state index contributed by atoms with van der Waals surface area (Å²) in [4.78, 5) is 11.9. The molecule has 2 rings (SSSR count). The molecule has 0 radical (unpaired) electrons. The van der Waals surface area contributed by atoms with Gasteiger partial charge in [-0.2, -0.15) is 0 Å². The van der Waals surface area contributed by atoms with Crippen molar-refractivity contribution in [1.82, 2.24) is 10.6 Å². The summed E-state index contributed by atoms with van der Waals surface area (Å²) in [5.41, 5.74) is 0.485. The van der Waals surface area contributed by atoms with Gasteiger partial charge in [0.05, 0.1) is 0 Å². The zero-order valence-electron chi connectivity index (χ0n) is 11.5. The number of rotatable bonds is 6. The molecule has 18 heavy (non-hydrogen) atoms. The predicted molar refractivity (Wildman–Crippen MR) is 77.0 cm³/mol. The number of amides is 1. The first kappa shape index (κ1) is 15.8. The number of nitrogens with one attached hydrogen (secondary N) is 2. The first-order valence-electron chi connectivity index (χ1n) is 7.21. The highest BCUT2D eigenvalue weighted by Gasteiger charge is 2.41. The van der Waals surface area contributed by atoms with E-state index in [1.54, 1.807) is 0 Å². The molecule has 3 nitrogen and oxygen atoms in total. The molecule has 2 fully saturated rings. The fourth-order valence-electron chi connectivity index (χ4n) is 2.93. The maximum Gasteiger partial charge on any atom is 0.220 e. The van der Waals surface area contributed by atoms with Crippen LogP contribution in [0, 0.1) is 11.3 Å². The van der Waals surface area contributed by atoms with Crippen molar-refractivity contribution < 1.29 is 4.79 Å². The van der Waals surface area contributed by atoms with Gasteiger partial charge in [0.25, 0.3) is 0 Å². The molecule has 1 saturated carbocycles. The molecule has 0 atom stereocenters. The number of hydrogen-bond donors (Lipinski definition) is 2. The fourth-order valence-corrected chi connectivity index (χ4v) is 2.93. The second-order valence-corrected chi connectivity index (χ2v) is 5.92. The third-order valence-corrected chi connectivity index (χ3v) is 4.33. The molecular weight excluding hydrogens is 248 g/mol. The Labute approximate surface area is 117 Å². The minimum absolute atomic E-state index is 0. The lowest BCUT2D eigenvalue weighted by Crippen LogP contribution is -2.34. The summed E-state index contributed by atoms with van der Waals surface area (Å²) in [6, 6.07) is 0. The second-order valence-electron chi connectivity index (χ2n) is 5.92. The Bertz CT molecular complexity index is 261. The average molecular weight is 275 g/mol. The van der Waals surface area contributed by atoms with E-state index in [1.807, 2.05) is 0 Å². The first-order chi connectivity index (χ1) is 8.24. The molecule has 0 bridgehead atoms. The number of piperidine rings is 1. The van der Waals surface area contributed by atoms with Crippen molar-refractivity contribution in [3.63, 3.8) is 0 Å². The standard InChI is InChI=1S/C14H26N2O.ClH/c1-2-5-14(6-7-14)11-16-13(17)10-12-3-8-15-9-4-12;/h12,15H,2-11H2,1H3,(H,16,17);1H. The van der Waals surface area contributed by atoms with E-state index < -0.39 is 0 Å². The molecule has 2 N–H and O–H groups in total. The fraction of sp³-hybridized carbons (Fsp3) is 0.929. The third kappa shape index (κ3) is 4.77. The van der Waals surface area contributed by atoms with Gasteiger partial charge in [-0.15, -0.1) is 12.4 Å². The van der Waals surface area contributed by atoms with E-state index in [-0.39, 0.29) is 18.3 Å². The molecule has 1 aliphatic carbocycles. The summed E-state index contributed by atoms with van der Waals surface area (Å²) in [7, 11) is 0. The molecule has 0 aromatic rings. The van der Waals surface area contributed by atoms with Gasteiger partial charge < -0.3 is 10.6 Å². The predicted octanol–water partition coefficient (Wildman–Crippen LogP) is 2.49. The summed E-state index contributed by atoms with van der Waals surface area (Å²) < 4.78 is 0. The zero-order valence-corrected chi connectivity index (χ0v) is 12.3. The monoisotopic (exact) mass is 274 g/mol. The van der Waals surface area contributed by atoms with E-state index in [0.717, 1.165) is 38.9 Å². The van der Waals surface area contributed by atoms with Crippen LogP contribution in [-0.2, 0) is 4.79 Å². The van der Waals surface area contributed by atoms with Crippen molar-refractivity contribution in [3.8, 4) is 0 Å². The van der Waals surface area contributed by atoms with Crippen LogP contribution in [0.25, 0.3) is 0 Å². The van der Waals surface area contributed by atoms with Gasteiger partial charge in [0, 0.05) is 13.0 Å². The highest BCUT2D eigenvalue weighted by molar-refractivity contribution is 5.85. The van der Waals surface area contributed by atoms with Gasteiger partial charge in [0.2, 0.25) is 5.91 Å². The van der Waals surface area contributed by atoms with E-state index in [2.05, 4.69) is 17.6 Å². The largest absolute Gasteiger partial charge is 0.356 e. The van der Waals surface area contributed by atoms with Crippen molar-refractivity contribution in [1.29, 1.82) is 0 Å². The molecule has 1 heterocycles. The van der Waals surface area contributed by atoms with Gasteiger partial charge in [0.1, 0.15) is 0 Å². The minimum atomic E-state index is 0. The second kappa shape index (κ2) is 7.34. The Kier molecular flexibility index (Phi) is 6.44. The van der Waals surface area contributed by atoms with Crippen LogP contribution < -0.4 is 10.6 Å². The third-order valence-electron chi connectivity index (χ3n) is 4.33. The van der Waals surface area contributed by atoms with Crippen LogP contribution in [0.15, 0.2) is 0 Å². The van der Waals surface area contributed by atoms with E-state index in [9.17, 15) is 4.79 Å². The van der Waals surface area contributed by atoms with E-state index in [1.165, 1.54) is 25.7 Å². The maximum atomic E-state index is 11.9. The van der Waals surface area contributed by atoms with Gasteiger partial charge in [-0.25, -0.2) is 0 Å². The smallest absolute Gasteiger partial charge is 0.220 e. The summed E-state index contributed by atoms with van der Waals surface area (Å²) in [6.07, 6.45) is 8.21. The molecule has 0 aromatic heterocycles. The lowest BCUT2D eigenvalue weighted by Gasteiger charge is -2.22. The summed E-state index contributed by atoms with van der Waals surface area (Å²) >= 11 is 0. The van der Waals surface area contributed by atoms with Crippen molar-refractivity contribution in [3.05, 3.63) is 0 Å². The summed E-state index contributed by atoms with van der Waals surface area (Å²) in [5, 5.41) is 6.50. The summed E-state index contributed by atoms with van der Waals surface area (Å²) in [5.74, 6) is 0.886. The Morgan fingerprint density at radius 1 is 1.33 bits per heavy atom. The highest BCUT2D eigenvalue weighted by Crippen LogP contribution is 2.48. The minimum Gasteiger partial charge on any atom is -0.356 e. The molecule has 4 heteroatoms. The normalized spacial score (nSPS) is 22.1. The lowest BCUT2D eigenvalue weighted by atomic mass is 9.94. The Hall–Kier alpha value is -0.280. The molecule has 1 amide bonds. The first-order valence-corrected chi connectivity index (χ1v) is 7.21. The van der Waals surface area contributed by atoms with E-state index in [4.69, 9.17) is 0 Å². The van der Waals surface area contributed by atoms with Gasteiger partial charge in [-0.3, -0.25) is 4.79 Å². The topological polar surface area (TPSA) is 41.1 Å². The molecule has 2 aliphatic rings. The lowest BCUT2D eigenvalue weighted by molar-refractivity contribution is -0.122. The van der Waals surface area contributed by atoms with Crippen molar-refractivity contribution in [2.75, 3.05) is 19.6 Å². The Morgan fingerprint density at radius 3 is 2.56 bits per heavy atom. The zero-order chi connectivity index (χ0) is 12.1. The van der Waals surface area contributed by atoms with Gasteiger partial charge in [-0.1, -0.05) is 13.3 Å². The Morgan fingerprint density at radius 2 is 2.00 bits per heavy atom. The molecular formula is C14H27ClN2O. The number of halogens is 1. The molecule has 0 spiro atoms. The van der Waals surface area contributed by atoms with Crippen LogP contribution in [0.3, 0.4) is 0 Å². The number of carbonyl (C=O) groups is 1. The highest BCUT2D eigenvalue weighted by atomic mass is 35.5. The van der Waals surface area contributed by atoms with Crippen molar-refractivity contribution in [2.24, 2.45) is 11.3 Å². The van der Waals surface area contributed by atoms with Crippen LogP contribution in [0.4, 0.5) is 0 Å². The van der Waals surface area contributed by atoms with Crippen LogP contribution in [-0.4, -0.2) is 25.5 Å². The van der Waals surface area contributed by atoms with Crippen LogP contribution >= 0.6 is 12.4 Å². The van der Waals surface area contributed by atoms with E-state index in [0.29, 0.717) is 11.3 Å². The van der Waals surface area contributed by atoms with Crippen molar-refractivity contribution in [2.45, 2.75) is 51.9 Å². The molecule has 1 saturated heterocycles. The molecule has 0 unspecified atom stereocenters. The van der Waals surface area contributed by atoms with Crippen LogP contribution in [0.1, 0.15) is 51.9 Å². The maximum absolute atomic E-state index is 11.9. The van der Waals surface area contributed by atoms with Crippen LogP contribution in [0.5, 0.6) is 0 Å². The molecule has 0 aromatic carbocycles. The number of hydrogen-bond acceptors (Lipinski definition) is 2. The van der Waals surface area contributed by atoms with Gasteiger partial charge >= 0.3 is 0 Å². The van der Waals surface area contributed by atoms with Crippen LogP contribution in [0.2, 0.25) is 0 Å². The van der Waals surface area contributed by atoms with Crippen molar-refractivity contribution >= 4 is 18.3 Å². The van der Waals surface area contributed by atoms with Gasteiger partial charge in [0.15, 0.2) is 0 Å². The van der Waals surface area contributed by atoms with Gasteiger partial charge in [-0.05, 0) is 56.5 Å². The molecule has 1 aliphatic heterocycles. The quantitative estimate of drug-likeness (QED) is 0.781. The SMILES string of the molecule is CCCC1(CNC(=O)CC2CCNCC2)CC1.Cl. The average Bonchev–Trinajstić information content (AvgIpc) is 3.09. The molecule has 106 valence electrons. The summed E-state index contributed by atoms with van der Waals surface area (Å²) in [6.45, 7) is 5.32. The number of carbonyl (C=O) groups excluding carboxylic acids is 1. The van der Waals surface area contributed by atoms with E-state index >= 15 is 0 Å².